The Morgan fingerprint density at radius 3 is 2.61 bits per heavy atom. The summed E-state index contributed by atoms with van der Waals surface area (Å²) in [5, 5.41) is 3.64. The van der Waals surface area contributed by atoms with Crippen LogP contribution in [-0.4, -0.2) is 46.9 Å². The number of amides is 2. The van der Waals surface area contributed by atoms with Gasteiger partial charge in [0, 0.05) is 39.4 Å². The summed E-state index contributed by atoms with van der Waals surface area (Å²) in [4.78, 5) is 45.4. The highest BCUT2D eigenvalue weighted by atomic mass is 16.4. The van der Waals surface area contributed by atoms with Gasteiger partial charge in [-0.3, -0.25) is 9.59 Å². The number of fused-ring (bicyclic) bond motifs is 2. The zero-order valence-electron chi connectivity index (χ0n) is 18.5. The molecule has 0 radical (unpaired) electrons. The van der Waals surface area contributed by atoms with Crippen LogP contribution < -0.4 is 15.8 Å². The third kappa shape index (κ3) is 4.08. The van der Waals surface area contributed by atoms with E-state index >= 15 is 0 Å². The van der Waals surface area contributed by atoms with E-state index in [1.54, 1.807) is 25.1 Å². The number of carbonyl (C=O) groups is 2. The molecule has 2 aliphatic rings. The van der Waals surface area contributed by atoms with Crippen molar-refractivity contribution in [3.05, 3.63) is 64.6 Å². The summed E-state index contributed by atoms with van der Waals surface area (Å²) < 4.78 is 5.32. The van der Waals surface area contributed by atoms with Crippen LogP contribution in [0.1, 0.15) is 31.9 Å². The van der Waals surface area contributed by atoms with Gasteiger partial charge < -0.3 is 19.5 Å². The topological polar surface area (TPSA) is 95.8 Å². The first-order chi connectivity index (χ1) is 15.9. The summed E-state index contributed by atoms with van der Waals surface area (Å²) >= 11 is 0. The number of piperidine rings is 1. The first kappa shape index (κ1) is 21.2. The van der Waals surface area contributed by atoms with Crippen LogP contribution in [0.2, 0.25) is 0 Å². The molecule has 170 valence electrons. The monoisotopic (exact) mass is 446 g/mol. The van der Waals surface area contributed by atoms with Crippen LogP contribution in [0.4, 0.5) is 11.4 Å². The van der Waals surface area contributed by atoms with Gasteiger partial charge in [-0.15, -0.1) is 0 Å². The average Bonchev–Trinajstić information content (AvgIpc) is 2.82. The molecule has 5 rings (SSSR count). The molecular weight excluding hydrogens is 420 g/mol. The van der Waals surface area contributed by atoms with Gasteiger partial charge in [-0.25, -0.2) is 9.78 Å². The molecule has 2 aliphatic heterocycles. The minimum Gasteiger partial charge on any atom is -0.420 e. The van der Waals surface area contributed by atoms with Crippen molar-refractivity contribution in [2.24, 2.45) is 0 Å². The standard InChI is InChI=1S/C25H26N4O4/c1-17(30)29-16-25(27-18-6-2-4-8-21(18)29)12-14-28(15-13-25)23(31)11-10-20-24(32)33-22-9-5-3-7-19(22)26-20/h2-9,27H,10-16H2,1H3. The molecule has 0 unspecified atom stereocenters. The fraction of sp³-hybridized carbons (Fsp3) is 0.360. The smallest absolute Gasteiger partial charge is 0.358 e. The third-order valence-corrected chi connectivity index (χ3v) is 6.64. The lowest BCUT2D eigenvalue weighted by atomic mass is 9.84. The van der Waals surface area contributed by atoms with E-state index in [1.165, 1.54) is 0 Å². The van der Waals surface area contributed by atoms with E-state index in [9.17, 15) is 14.4 Å². The van der Waals surface area contributed by atoms with Crippen LogP contribution in [0, 0.1) is 0 Å². The van der Waals surface area contributed by atoms with Crippen molar-refractivity contribution in [2.45, 2.75) is 38.1 Å². The predicted octanol–water partition coefficient (Wildman–Crippen LogP) is 2.96. The molecule has 2 aromatic carbocycles. The molecule has 1 fully saturated rings. The summed E-state index contributed by atoms with van der Waals surface area (Å²) in [5.74, 6) is 0.0161. The maximum Gasteiger partial charge on any atom is 0.358 e. The zero-order valence-corrected chi connectivity index (χ0v) is 18.5. The molecular formula is C25H26N4O4. The highest BCUT2D eigenvalue weighted by Gasteiger charge is 2.41. The number of nitrogens with one attached hydrogen (secondary N) is 1. The first-order valence-corrected chi connectivity index (χ1v) is 11.3. The van der Waals surface area contributed by atoms with Crippen LogP contribution in [-0.2, 0) is 16.0 Å². The van der Waals surface area contributed by atoms with Crippen molar-refractivity contribution in [1.29, 1.82) is 0 Å². The van der Waals surface area contributed by atoms with Gasteiger partial charge in [-0.05, 0) is 37.1 Å². The second-order valence-corrected chi connectivity index (χ2v) is 8.82. The van der Waals surface area contributed by atoms with Crippen LogP contribution in [0.25, 0.3) is 11.1 Å². The van der Waals surface area contributed by atoms with Crippen molar-refractivity contribution in [1.82, 2.24) is 9.88 Å². The molecule has 0 saturated carbocycles. The van der Waals surface area contributed by atoms with Crippen LogP contribution >= 0.6 is 0 Å². The van der Waals surface area contributed by atoms with Crippen molar-refractivity contribution in [2.75, 3.05) is 29.9 Å². The molecule has 2 amide bonds. The van der Waals surface area contributed by atoms with Crippen molar-refractivity contribution in [3.8, 4) is 0 Å². The number of likely N-dealkylation sites (tertiary alicyclic amines) is 1. The molecule has 1 aromatic heterocycles. The number of nitrogens with zero attached hydrogens (tertiary/aromatic N) is 3. The third-order valence-electron chi connectivity index (χ3n) is 6.64. The van der Waals surface area contributed by atoms with E-state index in [-0.39, 0.29) is 35.9 Å². The molecule has 0 aliphatic carbocycles. The lowest BCUT2D eigenvalue weighted by Gasteiger charge is -2.49. The van der Waals surface area contributed by atoms with E-state index in [0.717, 1.165) is 24.2 Å². The molecule has 1 N–H and O–H groups in total. The molecule has 0 atom stereocenters. The minimum absolute atomic E-state index is 0.00107. The van der Waals surface area contributed by atoms with Gasteiger partial charge in [0.25, 0.3) is 0 Å². The van der Waals surface area contributed by atoms with E-state index in [0.29, 0.717) is 30.7 Å². The number of carbonyl (C=O) groups excluding carboxylic acids is 2. The molecule has 0 bridgehead atoms. The summed E-state index contributed by atoms with van der Waals surface area (Å²) in [6.45, 7) is 3.37. The van der Waals surface area contributed by atoms with Gasteiger partial charge in [0.1, 0.15) is 11.2 Å². The number of para-hydroxylation sites is 4. The number of hydrogen-bond acceptors (Lipinski definition) is 6. The highest BCUT2D eigenvalue weighted by Crippen LogP contribution is 2.39. The summed E-state index contributed by atoms with van der Waals surface area (Å²) in [6, 6.07) is 14.9. The van der Waals surface area contributed by atoms with Gasteiger partial charge >= 0.3 is 5.63 Å². The molecule has 1 saturated heterocycles. The maximum absolute atomic E-state index is 12.9. The van der Waals surface area contributed by atoms with Gasteiger partial charge in [0.05, 0.1) is 16.9 Å². The Morgan fingerprint density at radius 2 is 1.82 bits per heavy atom. The average molecular weight is 447 g/mol. The normalized spacial score (nSPS) is 17.0. The second kappa shape index (κ2) is 8.35. The van der Waals surface area contributed by atoms with E-state index in [4.69, 9.17) is 4.42 Å². The minimum atomic E-state index is -0.492. The predicted molar refractivity (Wildman–Crippen MR) is 125 cm³/mol. The zero-order chi connectivity index (χ0) is 23.0. The Labute approximate surface area is 191 Å². The number of benzene rings is 2. The number of rotatable bonds is 3. The summed E-state index contributed by atoms with van der Waals surface area (Å²) in [6.07, 6.45) is 1.94. The molecule has 8 heteroatoms. The van der Waals surface area contributed by atoms with Gasteiger partial charge in [-0.2, -0.15) is 0 Å². The van der Waals surface area contributed by atoms with E-state index in [1.807, 2.05) is 40.1 Å². The number of aryl methyl sites for hydroxylation is 1. The van der Waals surface area contributed by atoms with Gasteiger partial charge in [0.15, 0.2) is 5.58 Å². The Hall–Kier alpha value is -3.68. The second-order valence-electron chi connectivity index (χ2n) is 8.82. The number of anilines is 2. The molecule has 8 nitrogen and oxygen atoms in total. The van der Waals surface area contributed by atoms with Crippen molar-refractivity contribution in [3.63, 3.8) is 0 Å². The first-order valence-electron chi connectivity index (χ1n) is 11.3. The largest absolute Gasteiger partial charge is 0.420 e. The quantitative estimate of drug-likeness (QED) is 0.665. The van der Waals surface area contributed by atoms with Crippen LogP contribution in [0.3, 0.4) is 0 Å². The fourth-order valence-corrected chi connectivity index (χ4v) is 4.80. The SMILES string of the molecule is CC(=O)N1CC2(CCN(C(=O)CCc3nc4ccccc4oc3=O)CC2)Nc2ccccc21. The number of aromatic nitrogens is 1. The van der Waals surface area contributed by atoms with Crippen molar-refractivity contribution < 1.29 is 14.0 Å². The summed E-state index contributed by atoms with van der Waals surface area (Å²) in [5.41, 5.74) is 2.44. The van der Waals surface area contributed by atoms with Crippen LogP contribution in [0.15, 0.2) is 57.7 Å². The lowest BCUT2D eigenvalue weighted by Crippen LogP contribution is -2.59. The molecule has 33 heavy (non-hydrogen) atoms. The fourth-order valence-electron chi connectivity index (χ4n) is 4.80. The maximum atomic E-state index is 12.9. The molecule has 3 aromatic rings. The van der Waals surface area contributed by atoms with Crippen LogP contribution in [0.5, 0.6) is 0 Å². The Morgan fingerprint density at radius 1 is 1.09 bits per heavy atom. The highest BCUT2D eigenvalue weighted by molar-refractivity contribution is 5.96. The number of hydrogen-bond donors (Lipinski definition) is 1. The van der Waals surface area contributed by atoms with Gasteiger partial charge in [-0.1, -0.05) is 24.3 Å². The van der Waals surface area contributed by atoms with Crippen molar-refractivity contribution >= 4 is 34.3 Å². The lowest BCUT2D eigenvalue weighted by molar-refractivity contribution is -0.132. The summed E-state index contributed by atoms with van der Waals surface area (Å²) in [7, 11) is 0. The van der Waals surface area contributed by atoms with E-state index < -0.39 is 5.63 Å². The van der Waals surface area contributed by atoms with Gasteiger partial charge in [0.2, 0.25) is 11.8 Å². The van der Waals surface area contributed by atoms with E-state index in [2.05, 4.69) is 10.3 Å². The molecule has 3 heterocycles. The Kier molecular flexibility index (Phi) is 5.36. The Balaban J connectivity index is 1.23. The molecule has 1 spiro atoms. The Bertz CT molecular complexity index is 1280.